The van der Waals surface area contributed by atoms with Crippen LogP contribution in [0.3, 0.4) is 0 Å². The first-order chi connectivity index (χ1) is 7.60. The number of nitrogens with one attached hydrogen (secondary N) is 1. The van der Waals surface area contributed by atoms with Crippen molar-refractivity contribution < 1.29 is 4.74 Å². The van der Waals surface area contributed by atoms with Gasteiger partial charge in [-0.15, -0.1) is 0 Å². The van der Waals surface area contributed by atoms with E-state index < -0.39 is 0 Å². The van der Waals surface area contributed by atoms with Gasteiger partial charge in [-0.05, 0) is 25.7 Å². The Hall–Kier alpha value is -0.700. The van der Waals surface area contributed by atoms with Gasteiger partial charge < -0.3 is 10.1 Å². The van der Waals surface area contributed by atoms with Gasteiger partial charge in [-0.3, -0.25) is 4.90 Å². The van der Waals surface area contributed by atoms with Crippen LogP contribution in [0.1, 0.15) is 40.5 Å². The fourth-order valence-electron chi connectivity index (χ4n) is 2.73. The predicted molar refractivity (Wildman–Crippen MR) is 65.8 cm³/mol. The molecule has 1 N–H and O–H groups in total. The molecule has 2 heterocycles. The second kappa shape index (κ2) is 4.66. The van der Waals surface area contributed by atoms with Crippen LogP contribution in [0.15, 0.2) is 11.5 Å². The summed E-state index contributed by atoms with van der Waals surface area (Å²) >= 11 is 0. The summed E-state index contributed by atoms with van der Waals surface area (Å²) in [5.74, 6) is 1.95. The van der Waals surface area contributed by atoms with Crippen molar-refractivity contribution in [1.82, 2.24) is 10.2 Å². The van der Waals surface area contributed by atoms with E-state index in [0.717, 1.165) is 19.0 Å². The van der Waals surface area contributed by atoms with Crippen LogP contribution in [-0.2, 0) is 4.74 Å². The van der Waals surface area contributed by atoms with Gasteiger partial charge in [0.2, 0.25) is 0 Å². The van der Waals surface area contributed by atoms with E-state index >= 15 is 0 Å². The lowest BCUT2D eigenvalue weighted by Crippen LogP contribution is -2.38. The van der Waals surface area contributed by atoms with Crippen molar-refractivity contribution in [2.75, 3.05) is 13.1 Å². The molecule has 2 atom stereocenters. The van der Waals surface area contributed by atoms with Crippen molar-refractivity contribution in [1.29, 1.82) is 0 Å². The smallest absolute Gasteiger partial charge is 0.166 e. The summed E-state index contributed by atoms with van der Waals surface area (Å²) in [5.41, 5.74) is 1.31. The second-order valence-electron chi connectivity index (χ2n) is 5.40. The molecule has 0 saturated carbocycles. The van der Waals surface area contributed by atoms with E-state index in [0.29, 0.717) is 6.04 Å². The Bertz CT molecular complexity index is 268. The van der Waals surface area contributed by atoms with Crippen LogP contribution in [0.5, 0.6) is 0 Å². The highest BCUT2D eigenvalue weighted by molar-refractivity contribution is 5.21. The second-order valence-corrected chi connectivity index (χ2v) is 5.40. The third kappa shape index (κ3) is 2.34. The number of rotatable bonds is 4. The quantitative estimate of drug-likeness (QED) is 0.793. The maximum atomic E-state index is 5.74. The third-order valence-corrected chi connectivity index (χ3v) is 3.47. The van der Waals surface area contributed by atoms with Gasteiger partial charge in [0.1, 0.15) is 5.76 Å². The van der Waals surface area contributed by atoms with Crippen molar-refractivity contribution in [3.63, 3.8) is 0 Å². The fourth-order valence-corrected chi connectivity index (χ4v) is 2.73. The van der Waals surface area contributed by atoms with Crippen molar-refractivity contribution in [3.05, 3.63) is 11.5 Å². The van der Waals surface area contributed by atoms with E-state index in [1.165, 1.54) is 24.3 Å². The van der Waals surface area contributed by atoms with Gasteiger partial charge in [0.15, 0.2) is 6.23 Å². The number of nitrogens with zero attached hydrogens (tertiary/aromatic N) is 1. The molecule has 2 rings (SSSR count). The Balaban J connectivity index is 1.90. The van der Waals surface area contributed by atoms with Crippen LogP contribution in [0, 0.1) is 5.92 Å². The monoisotopic (exact) mass is 224 g/mol. The maximum Gasteiger partial charge on any atom is 0.166 e. The van der Waals surface area contributed by atoms with Crippen LogP contribution in [0.25, 0.3) is 0 Å². The van der Waals surface area contributed by atoms with E-state index in [-0.39, 0.29) is 6.23 Å². The van der Waals surface area contributed by atoms with Crippen LogP contribution in [-0.4, -0.2) is 30.3 Å². The average molecular weight is 224 g/mol. The Kier molecular flexibility index (Phi) is 3.43. The first-order valence-electron chi connectivity index (χ1n) is 6.49. The first kappa shape index (κ1) is 11.8. The molecule has 0 saturated heterocycles. The number of hydrogen-bond donors (Lipinski definition) is 1. The van der Waals surface area contributed by atoms with Gasteiger partial charge in [0, 0.05) is 12.6 Å². The molecule has 0 radical (unpaired) electrons. The SMILES string of the molecule is CCC(CC(C)C)N1CC2=C(C1)OC(C)N2. The summed E-state index contributed by atoms with van der Waals surface area (Å²) in [5, 5.41) is 3.39. The molecule has 92 valence electrons. The minimum atomic E-state index is 0.178. The van der Waals surface area contributed by atoms with Crippen LogP contribution < -0.4 is 5.32 Å². The summed E-state index contributed by atoms with van der Waals surface area (Å²) in [6.07, 6.45) is 2.69. The lowest BCUT2D eigenvalue weighted by molar-refractivity contribution is 0.106. The molecule has 3 heteroatoms. The largest absolute Gasteiger partial charge is 0.472 e. The molecule has 0 aliphatic carbocycles. The third-order valence-electron chi connectivity index (χ3n) is 3.47. The molecule has 3 nitrogen and oxygen atoms in total. The summed E-state index contributed by atoms with van der Waals surface area (Å²) in [6.45, 7) is 11.0. The van der Waals surface area contributed by atoms with Crippen LogP contribution >= 0.6 is 0 Å². The van der Waals surface area contributed by atoms with E-state index in [9.17, 15) is 0 Å². The van der Waals surface area contributed by atoms with Gasteiger partial charge in [-0.1, -0.05) is 20.8 Å². The van der Waals surface area contributed by atoms with E-state index in [1.807, 2.05) is 0 Å². The zero-order chi connectivity index (χ0) is 11.7. The molecule has 2 aliphatic rings. The highest BCUT2D eigenvalue weighted by atomic mass is 16.5. The highest BCUT2D eigenvalue weighted by Gasteiger charge is 2.33. The van der Waals surface area contributed by atoms with Crippen molar-refractivity contribution in [2.45, 2.75) is 52.8 Å². The molecular weight excluding hydrogens is 200 g/mol. The minimum Gasteiger partial charge on any atom is -0.472 e. The van der Waals surface area contributed by atoms with Gasteiger partial charge in [-0.2, -0.15) is 0 Å². The highest BCUT2D eigenvalue weighted by Crippen LogP contribution is 2.27. The Morgan fingerprint density at radius 2 is 2.19 bits per heavy atom. The first-order valence-corrected chi connectivity index (χ1v) is 6.49. The van der Waals surface area contributed by atoms with Gasteiger partial charge in [0.25, 0.3) is 0 Å². The van der Waals surface area contributed by atoms with E-state index in [1.54, 1.807) is 0 Å². The van der Waals surface area contributed by atoms with E-state index in [2.05, 4.69) is 37.9 Å². The van der Waals surface area contributed by atoms with Crippen LogP contribution in [0.2, 0.25) is 0 Å². The zero-order valence-corrected chi connectivity index (χ0v) is 10.9. The molecule has 0 spiro atoms. The molecule has 0 fully saturated rings. The molecule has 0 bridgehead atoms. The molecule has 0 aromatic heterocycles. The standard InChI is InChI=1S/C13H24N2O/c1-5-11(6-9(2)3)15-7-12-13(8-15)16-10(4)14-12/h9-11,14H,5-8H2,1-4H3. The summed E-state index contributed by atoms with van der Waals surface area (Å²) in [4.78, 5) is 2.55. The molecule has 0 amide bonds. The molecular formula is C13H24N2O. The lowest BCUT2D eigenvalue weighted by Gasteiger charge is -2.29. The Morgan fingerprint density at radius 1 is 1.44 bits per heavy atom. The van der Waals surface area contributed by atoms with Crippen molar-refractivity contribution in [2.24, 2.45) is 5.92 Å². The normalized spacial score (nSPS) is 26.9. The summed E-state index contributed by atoms with van der Waals surface area (Å²) in [7, 11) is 0. The molecule has 0 aromatic rings. The topological polar surface area (TPSA) is 24.5 Å². The average Bonchev–Trinajstić information content (AvgIpc) is 2.70. The molecule has 0 aromatic carbocycles. The Labute approximate surface area is 98.8 Å². The molecule has 2 unspecified atom stereocenters. The fraction of sp³-hybridized carbons (Fsp3) is 0.846. The van der Waals surface area contributed by atoms with Gasteiger partial charge in [-0.25, -0.2) is 0 Å². The van der Waals surface area contributed by atoms with Crippen molar-refractivity contribution in [3.8, 4) is 0 Å². The zero-order valence-electron chi connectivity index (χ0n) is 10.9. The molecule has 16 heavy (non-hydrogen) atoms. The number of hydrogen-bond acceptors (Lipinski definition) is 3. The van der Waals surface area contributed by atoms with E-state index in [4.69, 9.17) is 4.74 Å². The van der Waals surface area contributed by atoms with Gasteiger partial charge >= 0.3 is 0 Å². The lowest BCUT2D eigenvalue weighted by atomic mass is 10.0. The summed E-state index contributed by atoms with van der Waals surface area (Å²) < 4.78 is 5.74. The maximum absolute atomic E-state index is 5.74. The van der Waals surface area contributed by atoms with Crippen LogP contribution in [0.4, 0.5) is 0 Å². The molecule has 2 aliphatic heterocycles. The number of ether oxygens (including phenoxy) is 1. The predicted octanol–water partition coefficient (Wildman–Crippen LogP) is 2.30. The van der Waals surface area contributed by atoms with Gasteiger partial charge in [0.05, 0.1) is 12.2 Å². The Morgan fingerprint density at radius 3 is 2.75 bits per heavy atom. The summed E-state index contributed by atoms with van der Waals surface area (Å²) in [6, 6.07) is 0.700. The van der Waals surface area contributed by atoms with Crippen molar-refractivity contribution >= 4 is 0 Å². The minimum absolute atomic E-state index is 0.178.